The normalized spacial score (nSPS) is 10.1. The van der Waals surface area contributed by atoms with Crippen molar-refractivity contribution in [3.8, 4) is 0 Å². The van der Waals surface area contributed by atoms with Crippen LogP contribution in [0.5, 0.6) is 0 Å². The Morgan fingerprint density at radius 1 is 1.70 bits per heavy atom. The van der Waals surface area contributed by atoms with Crippen LogP contribution in [0.25, 0.3) is 0 Å². The first-order valence-electron chi connectivity index (χ1n) is 3.62. The van der Waals surface area contributed by atoms with Crippen molar-refractivity contribution in [2.75, 3.05) is 5.73 Å². The van der Waals surface area contributed by atoms with Gasteiger partial charge in [0.25, 0.3) is 0 Å². The lowest BCUT2D eigenvalue weighted by molar-refractivity contribution is 0.781. The molecule has 3 N–H and O–H groups in total. The lowest BCUT2D eigenvalue weighted by Gasteiger charge is -1.91. The van der Waals surface area contributed by atoms with E-state index in [4.69, 9.17) is 5.73 Å². The van der Waals surface area contributed by atoms with E-state index in [0.717, 1.165) is 12.1 Å². The standard InChI is InChI=1S/C7H13N3/c1-2-3-4-6-5-9-7(8)10-6/h5H,2-4H2,1H3,(H3,8,9,10). The zero-order valence-electron chi connectivity index (χ0n) is 6.22. The minimum absolute atomic E-state index is 0.520. The number of nitrogens with one attached hydrogen (secondary N) is 1. The number of anilines is 1. The van der Waals surface area contributed by atoms with Crippen LogP contribution in [-0.4, -0.2) is 9.97 Å². The summed E-state index contributed by atoms with van der Waals surface area (Å²) < 4.78 is 0. The zero-order valence-corrected chi connectivity index (χ0v) is 6.22. The van der Waals surface area contributed by atoms with E-state index in [1.165, 1.54) is 12.8 Å². The molecule has 56 valence electrons. The molecule has 0 radical (unpaired) electrons. The molecule has 0 aromatic carbocycles. The largest absolute Gasteiger partial charge is 0.369 e. The predicted molar refractivity (Wildman–Crippen MR) is 41.6 cm³/mol. The molecule has 0 amide bonds. The molecule has 0 aliphatic heterocycles. The van der Waals surface area contributed by atoms with Crippen LogP contribution in [-0.2, 0) is 6.42 Å². The van der Waals surface area contributed by atoms with Gasteiger partial charge in [-0.1, -0.05) is 13.3 Å². The lowest BCUT2D eigenvalue weighted by atomic mass is 10.2. The smallest absolute Gasteiger partial charge is 0.197 e. The van der Waals surface area contributed by atoms with Gasteiger partial charge in [0.15, 0.2) is 5.95 Å². The van der Waals surface area contributed by atoms with Gasteiger partial charge in [-0.25, -0.2) is 4.98 Å². The fourth-order valence-electron chi connectivity index (χ4n) is 0.871. The first-order valence-corrected chi connectivity index (χ1v) is 3.62. The fourth-order valence-corrected chi connectivity index (χ4v) is 0.871. The number of nitrogen functional groups attached to an aromatic ring is 1. The van der Waals surface area contributed by atoms with Gasteiger partial charge in [-0.05, 0) is 12.8 Å². The molecule has 1 aromatic rings. The summed E-state index contributed by atoms with van der Waals surface area (Å²) >= 11 is 0. The summed E-state index contributed by atoms with van der Waals surface area (Å²) in [4.78, 5) is 6.87. The average molecular weight is 139 g/mol. The number of aryl methyl sites for hydroxylation is 1. The third kappa shape index (κ3) is 1.76. The van der Waals surface area contributed by atoms with Gasteiger partial charge in [-0.15, -0.1) is 0 Å². The summed E-state index contributed by atoms with van der Waals surface area (Å²) in [6.07, 6.45) is 5.26. The van der Waals surface area contributed by atoms with Crippen LogP contribution in [0.1, 0.15) is 25.5 Å². The Morgan fingerprint density at radius 3 is 3.00 bits per heavy atom. The van der Waals surface area contributed by atoms with Gasteiger partial charge < -0.3 is 10.7 Å². The Labute approximate surface area is 60.7 Å². The third-order valence-electron chi connectivity index (χ3n) is 1.45. The number of H-pyrrole nitrogens is 1. The molecule has 1 aromatic heterocycles. The highest BCUT2D eigenvalue weighted by Crippen LogP contribution is 2.02. The van der Waals surface area contributed by atoms with Crippen molar-refractivity contribution in [1.82, 2.24) is 9.97 Å². The van der Waals surface area contributed by atoms with Gasteiger partial charge in [0.1, 0.15) is 0 Å². The van der Waals surface area contributed by atoms with Crippen LogP contribution in [0.4, 0.5) is 5.95 Å². The number of nitrogens with zero attached hydrogens (tertiary/aromatic N) is 1. The Kier molecular flexibility index (Phi) is 2.31. The number of aromatic amines is 1. The van der Waals surface area contributed by atoms with E-state index < -0.39 is 0 Å². The first kappa shape index (κ1) is 7.12. The molecule has 0 unspecified atom stereocenters. The Balaban J connectivity index is 2.42. The Bertz CT molecular complexity index is 192. The summed E-state index contributed by atoms with van der Waals surface area (Å²) in [7, 11) is 0. The van der Waals surface area contributed by atoms with E-state index in [2.05, 4.69) is 16.9 Å². The van der Waals surface area contributed by atoms with Gasteiger partial charge in [0.05, 0.1) is 6.20 Å². The molecule has 0 aliphatic carbocycles. The molecule has 1 rings (SSSR count). The average Bonchev–Trinajstić information content (AvgIpc) is 2.31. The number of nitrogens with two attached hydrogens (primary N) is 1. The number of imidazole rings is 1. The van der Waals surface area contributed by atoms with E-state index in [0.29, 0.717) is 5.95 Å². The molecule has 0 fully saturated rings. The van der Waals surface area contributed by atoms with Gasteiger partial charge in [0, 0.05) is 5.69 Å². The van der Waals surface area contributed by atoms with Crippen LogP contribution in [0, 0.1) is 0 Å². The number of hydrogen-bond acceptors (Lipinski definition) is 2. The predicted octanol–water partition coefficient (Wildman–Crippen LogP) is 1.33. The summed E-state index contributed by atoms with van der Waals surface area (Å²) in [5, 5.41) is 0. The second-order valence-electron chi connectivity index (χ2n) is 2.40. The van der Waals surface area contributed by atoms with E-state index in [-0.39, 0.29) is 0 Å². The van der Waals surface area contributed by atoms with Gasteiger partial charge in [0.2, 0.25) is 0 Å². The van der Waals surface area contributed by atoms with Crippen molar-refractivity contribution in [3.63, 3.8) is 0 Å². The maximum absolute atomic E-state index is 5.38. The van der Waals surface area contributed by atoms with Crippen molar-refractivity contribution in [3.05, 3.63) is 11.9 Å². The summed E-state index contributed by atoms with van der Waals surface area (Å²) in [5.74, 6) is 0.520. The molecule has 0 spiro atoms. The molecule has 0 saturated heterocycles. The van der Waals surface area contributed by atoms with Gasteiger partial charge >= 0.3 is 0 Å². The third-order valence-corrected chi connectivity index (χ3v) is 1.45. The van der Waals surface area contributed by atoms with Crippen molar-refractivity contribution in [2.45, 2.75) is 26.2 Å². The maximum Gasteiger partial charge on any atom is 0.197 e. The highest BCUT2D eigenvalue weighted by atomic mass is 15.0. The summed E-state index contributed by atoms with van der Waals surface area (Å²) in [6.45, 7) is 2.17. The molecule has 0 saturated carbocycles. The van der Waals surface area contributed by atoms with Crippen LogP contribution in [0.2, 0.25) is 0 Å². The first-order chi connectivity index (χ1) is 4.83. The van der Waals surface area contributed by atoms with Crippen molar-refractivity contribution >= 4 is 5.95 Å². The molecular weight excluding hydrogens is 126 g/mol. The highest BCUT2D eigenvalue weighted by Gasteiger charge is 1.94. The zero-order chi connectivity index (χ0) is 7.40. The number of unbranched alkanes of at least 4 members (excludes halogenated alkanes) is 1. The van der Waals surface area contributed by atoms with Crippen molar-refractivity contribution in [2.24, 2.45) is 0 Å². The van der Waals surface area contributed by atoms with Crippen molar-refractivity contribution < 1.29 is 0 Å². The molecule has 3 nitrogen and oxygen atoms in total. The fraction of sp³-hybridized carbons (Fsp3) is 0.571. The molecular formula is C7H13N3. The Hall–Kier alpha value is -0.990. The quantitative estimate of drug-likeness (QED) is 0.663. The molecule has 1 heterocycles. The molecule has 10 heavy (non-hydrogen) atoms. The molecule has 0 bridgehead atoms. The second kappa shape index (κ2) is 3.25. The lowest BCUT2D eigenvalue weighted by Crippen LogP contribution is -1.87. The second-order valence-corrected chi connectivity index (χ2v) is 2.40. The topological polar surface area (TPSA) is 54.7 Å². The minimum atomic E-state index is 0.520. The number of rotatable bonds is 3. The molecule has 3 heteroatoms. The van der Waals surface area contributed by atoms with Gasteiger partial charge in [-0.3, -0.25) is 0 Å². The monoisotopic (exact) mass is 139 g/mol. The summed E-state index contributed by atoms with van der Waals surface area (Å²) in [5.41, 5.74) is 6.52. The van der Waals surface area contributed by atoms with Crippen LogP contribution in [0.3, 0.4) is 0 Å². The van der Waals surface area contributed by atoms with E-state index >= 15 is 0 Å². The maximum atomic E-state index is 5.38. The molecule has 0 aliphatic rings. The molecule has 0 atom stereocenters. The number of aromatic nitrogens is 2. The Morgan fingerprint density at radius 2 is 2.50 bits per heavy atom. The van der Waals surface area contributed by atoms with Crippen LogP contribution >= 0.6 is 0 Å². The SMILES string of the molecule is CCCCc1cnc(N)[nH]1. The number of hydrogen-bond donors (Lipinski definition) is 2. The minimum Gasteiger partial charge on any atom is -0.369 e. The van der Waals surface area contributed by atoms with E-state index in [1.807, 2.05) is 0 Å². The van der Waals surface area contributed by atoms with E-state index in [9.17, 15) is 0 Å². The highest BCUT2D eigenvalue weighted by molar-refractivity contribution is 5.18. The van der Waals surface area contributed by atoms with Crippen LogP contribution in [0.15, 0.2) is 6.20 Å². The van der Waals surface area contributed by atoms with E-state index in [1.54, 1.807) is 6.20 Å². The van der Waals surface area contributed by atoms with Crippen molar-refractivity contribution in [1.29, 1.82) is 0 Å². The summed E-state index contributed by atoms with van der Waals surface area (Å²) in [6, 6.07) is 0. The van der Waals surface area contributed by atoms with Crippen LogP contribution < -0.4 is 5.73 Å². The van der Waals surface area contributed by atoms with Gasteiger partial charge in [-0.2, -0.15) is 0 Å².